The molecule has 3 rings (SSSR count). The highest BCUT2D eigenvalue weighted by atomic mass is 35.5. The molecular weight excluding hydrogens is 378 g/mol. The SMILES string of the molecule is COC(=O)c1cc(C(=O)c2ccc(N(C)c3ccc(Cl)cc3)cc2)ccc1O. The second-order valence-electron chi connectivity index (χ2n) is 6.13. The van der Waals surface area contributed by atoms with Crippen molar-refractivity contribution >= 4 is 34.7 Å². The maximum atomic E-state index is 12.7. The quantitative estimate of drug-likeness (QED) is 0.495. The molecular formula is C22H18ClNO4. The van der Waals surface area contributed by atoms with Gasteiger partial charge in [-0.15, -0.1) is 0 Å². The molecule has 28 heavy (non-hydrogen) atoms. The maximum Gasteiger partial charge on any atom is 0.341 e. The van der Waals surface area contributed by atoms with Crippen molar-refractivity contribution in [3.63, 3.8) is 0 Å². The highest BCUT2D eigenvalue weighted by molar-refractivity contribution is 6.30. The summed E-state index contributed by atoms with van der Waals surface area (Å²) in [6, 6.07) is 18.7. The molecule has 0 aliphatic carbocycles. The van der Waals surface area contributed by atoms with E-state index < -0.39 is 5.97 Å². The normalized spacial score (nSPS) is 10.4. The van der Waals surface area contributed by atoms with Crippen LogP contribution in [0.2, 0.25) is 5.02 Å². The fourth-order valence-corrected chi connectivity index (χ4v) is 2.89. The molecule has 0 fully saturated rings. The Morgan fingerprint density at radius 3 is 2.00 bits per heavy atom. The van der Waals surface area contributed by atoms with Crippen LogP contribution in [0.15, 0.2) is 66.7 Å². The highest BCUT2D eigenvalue weighted by Crippen LogP contribution is 2.26. The smallest absolute Gasteiger partial charge is 0.341 e. The molecule has 0 radical (unpaired) electrons. The number of aromatic hydroxyl groups is 1. The average Bonchev–Trinajstić information content (AvgIpc) is 2.73. The molecule has 0 saturated carbocycles. The second kappa shape index (κ2) is 8.15. The van der Waals surface area contributed by atoms with Crippen LogP contribution in [0, 0.1) is 0 Å². The zero-order chi connectivity index (χ0) is 20.3. The van der Waals surface area contributed by atoms with E-state index in [1.165, 1.54) is 25.3 Å². The van der Waals surface area contributed by atoms with E-state index in [9.17, 15) is 14.7 Å². The van der Waals surface area contributed by atoms with Crippen molar-refractivity contribution < 1.29 is 19.4 Å². The number of hydrogen-bond donors (Lipinski definition) is 1. The van der Waals surface area contributed by atoms with Crippen LogP contribution in [0.25, 0.3) is 0 Å². The average molecular weight is 396 g/mol. The molecule has 0 saturated heterocycles. The first-order valence-electron chi connectivity index (χ1n) is 8.46. The van der Waals surface area contributed by atoms with Gasteiger partial charge in [0.05, 0.1) is 7.11 Å². The molecule has 0 aliphatic rings. The van der Waals surface area contributed by atoms with Gasteiger partial charge in [-0.25, -0.2) is 4.79 Å². The van der Waals surface area contributed by atoms with Crippen molar-refractivity contribution in [2.45, 2.75) is 0 Å². The van der Waals surface area contributed by atoms with E-state index in [-0.39, 0.29) is 22.7 Å². The number of ether oxygens (including phenoxy) is 1. The van der Waals surface area contributed by atoms with Crippen molar-refractivity contribution in [1.82, 2.24) is 0 Å². The third-order valence-corrected chi connectivity index (χ3v) is 4.65. The Kier molecular flexibility index (Phi) is 5.66. The van der Waals surface area contributed by atoms with Gasteiger partial charge in [-0.05, 0) is 66.7 Å². The van der Waals surface area contributed by atoms with Crippen LogP contribution in [0.1, 0.15) is 26.3 Å². The Morgan fingerprint density at radius 2 is 1.43 bits per heavy atom. The predicted octanol–water partition coefficient (Wildman–Crippen LogP) is 4.83. The molecule has 0 spiro atoms. The molecule has 0 unspecified atom stereocenters. The molecule has 3 aromatic rings. The zero-order valence-electron chi connectivity index (χ0n) is 15.3. The van der Waals surface area contributed by atoms with Crippen molar-refractivity contribution in [2.24, 2.45) is 0 Å². The molecule has 6 heteroatoms. The molecule has 0 aromatic heterocycles. The maximum absolute atomic E-state index is 12.7. The zero-order valence-corrected chi connectivity index (χ0v) is 16.1. The van der Waals surface area contributed by atoms with Crippen molar-refractivity contribution in [3.05, 3.63) is 88.4 Å². The lowest BCUT2D eigenvalue weighted by Crippen LogP contribution is -2.10. The monoisotopic (exact) mass is 395 g/mol. The minimum Gasteiger partial charge on any atom is -0.507 e. The first-order valence-corrected chi connectivity index (χ1v) is 8.84. The Bertz CT molecular complexity index is 1010. The van der Waals surface area contributed by atoms with Crippen LogP contribution in [0.3, 0.4) is 0 Å². The van der Waals surface area contributed by atoms with E-state index in [2.05, 4.69) is 4.74 Å². The third kappa shape index (κ3) is 4.00. The summed E-state index contributed by atoms with van der Waals surface area (Å²) in [5.41, 5.74) is 2.57. The van der Waals surface area contributed by atoms with Crippen LogP contribution in [-0.4, -0.2) is 31.0 Å². The van der Waals surface area contributed by atoms with Crippen LogP contribution in [0.5, 0.6) is 5.75 Å². The van der Waals surface area contributed by atoms with Crippen LogP contribution < -0.4 is 4.90 Å². The summed E-state index contributed by atoms with van der Waals surface area (Å²) in [5, 5.41) is 10.5. The van der Waals surface area contributed by atoms with Gasteiger partial charge in [0.2, 0.25) is 0 Å². The summed E-state index contributed by atoms with van der Waals surface area (Å²) in [6.45, 7) is 0. The van der Waals surface area contributed by atoms with E-state index in [1.807, 2.05) is 48.3 Å². The van der Waals surface area contributed by atoms with Crippen LogP contribution in [-0.2, 0) is 4.74 Å². The number of carbonyl (C=O) groups is 2. The summed E-state index contributed by atoms with van der Waals surface area (Å²) in [5.74, 6) is -1.19. The standard InChI is InChI=1S/C22H18ClNO4/c1-24(18-10-6-16(23)7-11-18)17-8-3-14(4-9-17)21(26)15-5-12-20(25)19(13-15)22(27)28-2/h3-13,25H,1-2H3. The van der Waals surface area contributed by atoms with Gasteiger partial charge in [0.15, 0.2) is 5.78 Å². The number of rotatable bonds is 5. The number of ketones is 1. The predicted molar refractivity (Wildman–Crippen MR) is 109 cm³/mol. The topological polar surface area (TPSA) is 66.8 Å². The summed E-state index contributed by atoms with van der Waals surface area (Å²) >= 11 is 5.93. The number of carbonyl (C=O) groups excluding carboxylic acids is 2. The van der Waals surface area contributed by atoms with Crippen molar-refractivity contribution in [2.75, 3.05) is 19.1 Å². The van der Waals surface area contributed by atoms with Gasteiger partial charge in [0, 0.05) is 34.6 Å². The number of benzene rings is 3. The first kappa shape index (κ1) is 19.5. The Morgan fingerprint density at radius 1 is 0.893 bits per heavy atom. The van der Waals surface area contributed by atoms with Gasteiger partial charge in [0.25, 0.3) is 0 Å². The largest absolute Gasteiger partial charge is 0.507 e. The number of nitrogens with zero attached hydrogens (tertiary/aromatic N) is 1. The molecule has 0 bridgehead atoms. The van der Waals surface area contributed by atoms with Gasteiger partial charge < -0.3 is 14.7 Å². The minimum atomic E-state index is -0.702. The fraction of sp³-hybridized carbons (Fsp3) is 0.0909. The molecule has 0 aliphatic heterocycles. The third-order valence-electron chi connectivity index (χ3n) is 4.39. The number of hydrogen-bond acceptors (Lipinski definition) is 5. The minimum absolute atomic E-state index is 0.0487. The number of phenols is 1. The van der Waals surface area contributed by atoms with Crippen LogP contribution in [0.4, 0.5) is 11.4 Å². The van der Waals surface area contributed by atoms with Gasteiger partial charge in [-0.3, -0.25) is 4.79 Å². The second-order valence-corrected chi connectivity index (χ2v) is 6.57. The van der Waals surface area contributed by atoms with Gasteiger partial charge in [-0.1, -0.05) is 11.6 Å². The molecule has 5 nitrogen and oxygen atoms in total. The van der Waals surface area contributed by atoms with E-state index in [4.69, 9.17) is 11.6 Å². The van der Waals surface area contributed by atoms with Gasteiger partial charge in [-0.2, -0.15) is 0 Å². The molecule has 0 amide bonds. The molecule has 1 N–H and O–H groups in total. The van der Waals surface area contributed by atoms with Crippen molar-refractivity contribution in [1.29, 1.82) is 0 Å². The summed E-state index contributed by atoms with van der Waals surface area (Å²) in [6.07, 6.45) is 0. The van der Waals surface area contributed by atoms with E-state index in [1.54, 1.807) is 12.1 Å². The molecule has 0 heterocycles. The summed E-state index contributed by atoms with van der Waals surface area (Å²) < 4.78 is 4.63. The molecule has 142 valence electrons. The van der Waals surface area contributed by atoms with Crippen LogP contribution >= 0.6 is 11.6 Å². The molecule has 0 atom stereocenters. The highest BCUT2D eigenvalue weighted by Gasteiger charge is 2.16. The number of methoxy groups -OCH3 is 1. The summed E-state index contributed by atoms with van der Waals surface area (Å²) in [4.78, 5) is 26.4. The van der Waals surface area contributed by atoms with E-state index in [0.29, 0.717) is 10.6 Å². The Hall–Kier alpha value is -3.31. The molecule has 3 aromatic carbocycles. The lowest BCUT2D eigenvalue weighted by molar-refractivity contribution is 0.0597. The fourth-order valence-electron chi connectivity index (χ4n) is 2.77. The van der Waals surface area contributed by atoms with E-state index in [0.717, 1.165) is 11.4 Å². The van der Waals surface area contributed by atoms with E-state index >= 15 is 0 Å². The number of phenolic OH excluding ortho intramolecular Hbond substituents is 1. The number of anilines is 2. The number of halogens is 1. The first-order chi connectivity index (χ1) is 13.4. The van der Waals surface area contributed by atoms with Gasteiger partial charge >= 0.3 is 5.97 Å². The number of esters is 1. The Balaban J connectivity index is 1.84. The van der Waals surface area contributed by atoms with Crippen molar-refractivity contribution in [3.8, 4) is 5.75 Å². The lowest BCUT2D eigenvalue weighted by atomic mass is 10.0. The summed E-state index contributed by atoms with van der Waals surface area (Å²) in [7, 11) is 3.13. The Labute approximate surface area is 167 Å². The lowest BCUT2D eigenvalue weighted by Gasteiger charge is -2.19. The van der Waals surface area contributed by atoms with Gasteiger partial charge in [0.1, 0.15) is 11.3 Å².